The molecular formula is C3H11BrN2O3S. The Morgan fingerprint density at radius 3 is 2.30 bits per heavy atom. The second-order valence-electron chi connectivity index (χ2n) is 1.55. The second-order valence-corrected chi connectivity index (χ2v) is 3.37. The summed E-state index contributed by atoms with van der Waals surface area (Å²) in [5.74, 6) is -0.125. The lowest BCUT2D eigenvalue weighted by atomic mass is 10.5. The molecule has 0 aromatic heterocycles. The predicted octanol–water partition coefficient (Wildman–Crippen LogP) is -0.778. The Morgan fingerprint density at radius 1 is 1.50 bits per heavy atom. The fraction of sp³-hybridized carbons (Fsp3) is 1.00. The fourth-order valence-electron chi connectivity index (χ4n) is 0.319. The van der Waals surface area contributed by atoms with Gasteiger partial charge in [0.05, 0.1) is 5.75 Å². The van der Waals surface area contributed by atoms with Gasteiger partial charge in [0.25, 0.3) is 0 Å². The van der Waals surface area contributed by atoms with Crippen LogP contribution in [0.3, 0.4) is 0 Å². The smallest absolute Gasteiger partial charge is 0.233 e. The van der Waals surface area contributed by atoms with Crippen LogP contribution >= 0.6 is 17.0 Å². The number of sulfonamides is 1. The number of nitrogens with one attached hydrogen (secondary N) is 1. The zero-order chi connectivity index (χ0) is 7.33. The van der Waals surface area contributed by atoms with Crippen LogP contribution in [0.15, 0.2) is 0 Å². The molecule has 7 heteroatoms. The summed E-state index contributed by atoms with van der Waals surface area (Å²) < 4.78 is 20.7. The molecule has 0 rings (SSSR count). The lowest BCUT2D eigenvalue weighted by molar-refractivity contribution is 0.242. The fourth-order valence-corrected chi connectivity index (χ4v) is 0.957. The van der Waals surface area contributed by atoms with Crippen LogP contribution in [0.5, 0.6) is 0 Å². The van der Waals surface area contributed by atoms with Crippen molar-refractivity contribution in [3.63, 3.8) is 0 Å². The first-order valence-corrected chi connectivity index (χ1v) is 4.11. The minimum Gasteiger partial charge on any atom is -0.330 e. The molecule has 0 radical (unpaired) electrons. The van der Waals surface area contributed by atoms with E-state index >= 15 is 0 Å². The molecule has 64 valence electrons. The zero-order valence-corrected chi connectivity index (χ0v) is 7.81. The third-order valence-corrected chi connectivity index (χ3v) is 1.86. The summed E-state index contributed by atoms with van der Waals surface area (Å²) in [5, 5.41) is 7.94. The van der Waals surface area contributed by atoms with Gasteiger partial charge in [0.15, 0.2) is 0 Å². The Bertz CT molecular complexity index is 157. The highest BCUT2D eigenvalue weighted by molar-refractivity contribution is 8.93. The molecule has 10 heavy (non-hydrogen) atoms. The Labute approximate surface area is 70.4 Å². The van der Waals surface area contributed by atoms with Crippen LogP contribution in [-0.2, 0) is 10.0 Å². The topological polar surface area (TPSA) is 92.4 Å². The van der Waals surface area contributed by atoms with Gasteiger partial charge in [0, 0.05) is 0 Å². The highest BCUT2D eigenvalue weighted by atomic mass is 79.9. The minimum atomic E-state index is -3.46. The van der Waals surface area contributed by atoms with Gasteiger partial charge in [0.2, 0.25) is 10.0 Å². The summed E-state index contributed by atoms with van der Waals surface area (Å²) in [7, 11) is -3.46. The molecule has 4 N–H and O–H groups in total. The van der Waals surface area contributed by atoms with Crippen molar-refractivity contribution in [2.75, 3.05) is 12.3 Å². The standard InChI is InChI=1S/C3H10N2O3S.BrH/c4-2-1-3-9(7,8)5-6;/h5-6H,1-4H2;1H. The Hall–Kier alpha value is 0.310. The van der Waals surface area contributed by atoms with E-state index in [1.807, 2.05) is 0 Å². The van der Waals surface area contributed by atoms with E-state index in [0.29, 0.717) is 13.0 Å². The van der Waals surface area contributed by atoms with Gasteiger partial charge >= 0.3 is 0 Å². The van der Waals surface area contributed by atoms with Crippen LogP contribution in [-0.4, -0.2) is 25.9 Å². The first-order chi connectivity index (χ1) is 4.12. The van der Waals surface area contributed by atoms with E-state index in [0.717, 1.165) is 0 Å². The Balaban J connectivity index is 0. The van der Waals surface area contributed by atoms with Crippen molar-refractivity contribution in [1.82, 2.24) is 4.89 Å². The normalized spacial score (nSPS) is 10.6. The van der Waals surface area contributed by atoms with Gasteiger partial charge in [0.1, 0.15) is 0 Å². The summed E-state index contributed by atoms with van der Waals surface area (Å²) >= 11 is 0. The molecule has 0 aliphatic heterocycles. The lowest BCUT2D eigenvalue weighted by Gasteiger charge is -1.96. The second kappa shape index (κ2) is 6.05. The molecule has 0 atom stereocenters. The molecule has 0 unspecified atom stereocenters. The van der Waals surface area contributed by atoms with Crippen molar-refractivity contribution in [3.8, 4) is 0 Å². The van der Waals surface area contributed by atoms with Gasteiger partial charge in [-0.25, -0.2) is 8.42 Å². The maximum Gasteiger partial charge on any atom is 0.233 e. The van der Waals surface area contributed by atoms with E-state index in [-0.39, 0.29) is 22.7 Å². The van der Waals surface area contributed by atoms with E-state index in [1.165, 1.54) is 4.89 Å². The highest BCUT2D eigenvalue weighted by Gasteiger charge is 2.04. The molecule has 0 aliphatic carbocycles. The molecule has 0 aromatic rings. The highest BCUT2D eigenvalue weighted by Crippen LogP contribution is 1.84. The van der Waals surface area contributed by atoms with E-state index in [2.05, 4.69) is 0 Å². The Kier molecular flexibility index (Phi) is 7.83. The molecule has 0 aromatic carbocycles. The van der Waals surface area contributed by atoms with Gasteiger partial charge < -0.3 is 10.9 Å². The number of hydrogen-bond acceptors (Lipinski definition) is 4. The van der Waals surface area contributed by atoms with Crippen LogP contribution in [0.2, 0.25) is 0 Å². The van der Waals surface area contributed by atoms with Gasteiger partial charge in [-0.1, -0.05) is 4.89 Å². The third-order valence-electron chi connectivity index (χ3n) is 0.756. The number of halogens is 1. The van der Waals surface area contributed by atoms with Crippen LogP contribution in [0.1, 0.15) is 6.42 Å². The molecule has 0 fully saturated rings. The van der Waals surface area contributed by atoms with Crippen LogP contribution in [0, 0.1) is 0 Å². The molecule has 0 heterocycles. The SMILES string of the molecule is Br.NCCCS(=O)(=O)NO. The van der Waals surface area contributed by atoms with Crippen LogP contribution in [0.25, 0.3) is 0 Å². The van der Waals surface area contributed by atoms with E-state index < -0.39 is 10.0 Å². The molecule has 0 aliphatic rings. The molecule has 0 bridgehead atoms. The van der Waals surface area contributed by atoms with Crippen LogP contribution < -0.4 is 10.6 Å². The van der Waals surface area contributed by atoms with Gasteiger partial charge in [-0.3, -0.25) is 0 Å². The average Bonchev–Trinajstić information content (AvgIpc) is 1.84. The van der Waals surface area contributed by atoms with Gasteiger partial charge in [-0.2, -0.15) is 0 Å². The number of nitrogens with two attached hydrogens (primary N) is 1. The van der Waals surface area contributed by atoms with Crippen LogP contribution in [0.4, 0.5) is 0 Å². The number of rotatable bonds is 4. The summed E-state index contributed by atoms with van der Waals surface area (Å²) in [4.78, 5) is 1.19. The summed E-state index contributed by atoms with van der Waals surface area (Å²) in [6, 6.07) is 0. The molecular weight excluding hydrogens is 224 g/mol. The lowest BCUT2D eigenvalue weighted by Crippen LogP contribution is -2.23. The molecule has 0 spiro atoms. The minimum absolute atomic E-state index is 0. The summed E-state index contributed by atoms with van der Waals surface area (Å²) in [6.07, 6.45) is 0.357. The average molecular weight is 235 g/mol. The van der Waals surface area contributed by atoms with E-state index in [4.69, 9.17) is 10.9 Å². The van der Waals surface area contributed by atoms with Crippen molar-refractivity contribution >= 4 is 27.0 Å². The number of hydrogen-bond donors (Lipinski definition) is 3. The monoisotopic (exact) mass is 234 g/mol. The molecule has 0 saturated heterocycles. The first kappa shape index (κ1) is 12.9. The van der Waals surface area contributed by atoms with Gasteiger partial charge in [-0.05, 0) is 13.0 Å². The van der Waals surface area contributed by atoms with Crippen molar-refractivity contribution in [2.24, 2.45) is 5.73 Å². The first-order valence-electron chi connectivity index (χ1n) is 2.46. The molecule has 0 saturated carbocycles. The predicted molar refractivity (Wildman–Crippen MR) is 42.7 cm³/mol. The van der Waals surface area contributed by atoms with Crippen molar-refractivity contribution in [2.45, 2.75) is 6.42 Å². The van der Waals surface area contributed by atoms with Crippen molar-refractivity contribution in [1.29, 1.82) is 0 Å². The van der Waals surface area contributed by atoms with Gasteiger partial charge in [-0.15, -0.1) is 17.0 Å². The van der Waals surface area contributed by atoms with Crippen molar-refractivity contribution in [3.05, 3.63) is 0 Å². The Morgan fingerprint density at radius 2 is 2.00 bits per heavy atom. The van der Waals surface area contributed by atoms with Crippen molar-refractivity contribution < 1.29 is 13.6 Å². The largest absolute Gasteiger partial charge is 0.330 e. The van der Waals surface area contributed by atoms with E-state index in [1.54, 1.807) is 0 Å². The zero-order valence-electron chi connectivity index (χ0n) is 5.28. The summed E-state index contributed by atoms with van der Waals surface area (Å²) in [6.45, 7) is 0.306. The maximum absolute atomic E-state index is 10.3. The maximum atomic E-state index is 10.3. The van der Waals surface area contributed by atoms with E-state index in [9.17, 15) is 8.42 Å². The third kappa shape index (κ3) is 6.43. The summed E-state index contributed by atoms with van der Waals surface area (Å²) in [5.41, 5.74) is 5.02. The quantitative estimate of drug-likeness (QED) is 0.557. The molecule has 0 amide bonds. The molecule has 5 nitrogen and oxygen atoms in total.